The first-order valence-corrected chi connectivity index (χ1v) is 9.45. The van der Waals surface area contributed by atoms with Gasteiger partial charge < -0.3 is 10.1 Å². The molecule has 0 saturated heterocycles. The lowest BCUT2D eigenvalue weighted by Gasteiger charge is -2.39. The van der Waals surface area contributed by atoms with Gasteiger partial charge in [-0.1, -0.05) is 32.0 Å². The fourth-order valence-corrected chi connectivity index (χ4v) is 5.01. The Bertz CT molecular complexity index is 786. The van der Waals surface area contributed by atoms with Gasteiger partial charge in [0.05, 0.1) is 6.42 Å². The van der Waals surface area contributed by atoms with Crippen molar-refractivity contribution >= 4 is 16.9 Å². The van der Waals surface area contributed by atoms with Gasteiger partial charge in [-0.15, -0.1) is 0 Å². The van der Waals surface area contributed by atoms with Crippen LogP contribution >= 0.6 is 0 Å². The number of aryl methyl sites for hydroxylation is 1. The predicted molar refractivity (Wildman–Crippen MR) is 96.6 cm³/mol. The molecule has 1 saturated carbocycles. The van der Waals surface area contributed by atoms with Crippen LogP contribution in [0.2, 0.25) is 0 Å². The largest absolute Gasteiger partial charge is 0.481 e. The van der Waals surface area contributed by atoms with Crippen LogP contribution < -0.4 is 0 Å². The van der Waals surface area contributed by atoms with Crippen LogP contribution in [0.4, 0.5) is 0 Å². The van der Waals surface area contributed by atoms with Gasteiger partial charge in [0.25, 0.3) is 0 Å². The van der Waals surface area contributed by atoms with E-state index in [0.717, 1.165) is 31.6 Å². The Balaban J connectivity index is 1.96. The predicted octanol–water partition coefficient (Wildman–Crippen LogP) is 5.14. The van der Waals surface area contributed by atoms with E-state index in [1.807, 2.05) is 0 Å². The highest BCUT2D eigenvalue weighted by molar-refractivity contribution is 5.89. The number of aliphatic carboxylic acids is 1. The molecule has 3 nitrogen and oxygen atoms in total. The number of nitrogens with one attached hydrogen (secondary N) is 1. The molecule has 2 unspecified atom stereocenters. The summed E-state index contributed by atoms with van der Waals surface area (Å²) in [5.41, 5.74) is 5.07. The van der Waals surface area contributed by atoms with E-state index in [9.17, 15) is 9.90 Å². The molecular weight excluding hydrogens is 298 g/mol. The van der Waals surface area contributed by atoms with Gasteiger partial charge in [0, 0.05) is 22.0 Å². The van der Waals surface area contributed by atoms with Gasteiger partial charge in [0.2, 0.25) is 0 Å². The van der Waals surface area contributed by atoms with Crippen molar-refractivity contribution in [3.63, 3.8) is 0 Å². The number of rotatable bonds is 5. The van der Waals surface area contributed by atoms with E-state index in [1.54, 1.807) is 0 Å². The summed E-state index contributed by atoms with van der Waals surface area (Å²) in [4.78, 5) is 15.3. The van der Waals surface area contributed by atoms with Crippen molar-refractivity contribution in [1.29, 1.82) is 0 Å². The number of aromatic nitrogens is 1. The third kappa shape index (κ3) is 2.28. The molecule has 2 atom stereocenters. The number of H-pyrrole nitrogens is 1. The van der Waals surface area contributed by atoms with E-state index in [-0.39, 0.29) is 11.8 Å². The summed E-state index contributed by atoms with van der Waals surface area (Å²) in [7, 11) is 0. The SMILES string of the molecule is CCc1cccc2c3c([nH]c12)C(CC)(CC(=O)O)CCC3C1CC1. The maximum absolute atomic E-state index is 11.6. The molecular formula is C21H27NO2. The van der Waals surface area contributed by atoms with Crippen molar-refractivity contribution in [2.24, 2.45) is 5.92 Å². The summed E-state index contributed by atoms with van der Waals surface area (Å²) >= 11 is 0. The maximum atomic E-state index is 11.6. The molecule has 2 aromatic rings. The number of fused-ring (bicyclic) bond motifs is 3. The highest BCUT2D eigenvalue weighted by Crippen LogP contribution is 2.56. The summed E-state index contributed by atoms with van der Waals surface area (Å²) < 4.78 is 0. The molecule has 4 rings (SSSR count). The molecule has 2 aliphatic rings. The zero-order valence-electron chi connectivity index (χ0n) is 14.7. The lowest BCUT2D eigenvalue weighted by Crippen LogP contribution is -2.34. The molecule has 1 heterocycles. The van der Waals surface area contributed by atoms with Crippen LogP contribution in [0, 0.1) is 5.92 Å². The first-order valence-electron chi connectivity index (χ1n) is 9.45. The van der Waals surface area contributed by atoms with Crippen molar-refractivity contribution in [3.05, 3.63) is 35.0 Å². The minimum absolute atomic E-state index is 0.226. The second-order valence-electron chi connectivity index (χ2n) is 7.79. The zero-order chi connectivity index (χ0) is 16.9. The van der Waals surface area contributed by atoms with E-state index in [0.29, 0.717) is 5.92 Å². The number of benzene rings is 1. The standard InChI is InChI=1S/C21H27NO2/c1-3-13-6-5-7-16-18-15(14-8-9-14)10-11-21(4-2,12-17(23)24)20(18)22-19(13)16/h5-7,14-15,22H,3-4,8-12H2,1-2H3,(H,23,24). The first kappa shape index (κ1) is 15.7. The van der Waals surface area contributed by atoms with Crippen LogP contribution in [0.25, 0.3) is 10.9 Å². The molecule has 0 radical (unpaired) electrons. The van der Waals surface area contributed by atoms with Gasteiger partial charge in [0.1, 0.15) is 0 Å². The number of hydrogen-bond donors (Lipinski definition) is 2. The minimum Gasteiger partial charge on any atom is -0.481 e. The van der Waals surface area contributed by atoms with Gasteiger partial charge in [0.15, 0.2) is 0 Å². The number of aromatic amines is 1. The summed E-state index contributed by atoms with van der Waals surface area (Å²) in [6.07, 6.45) is 6.94. The van der Waals surface area contributed by atoms with Crippen LogP contribution in [-0.2, 0) is 16.6 Å². The average Bonchev–Trinajstić information content (AvgIpc) is 3.33. The van der Waals surface area contributed by atoms with Gasteiger partial charge >= 0.3 is 5.97 Å². The quantitative estimate of drug-likeness (QED) is 0.799. The second kappa shape index (κ2) is 5.65. The van der Waals surface area contributed by atoms with Crippen molar-refractivity contribution in [2.45, 2.75) is 70.1 Å². The van der Waals surface area contributed by atoms with Crippen LogP contribution in [0.5, 0.6) is 0 Å². The van der Waals surface area contributed by atoms with E-state index < -0.39 is 5.97 Å². The smallest absolute Gasteiger partial charge is 0.304 e. The highest BCUT2D eigenvalue weighted by Gasteiger charge is 2.46. The number of para-hydroxylation sites is 1. The van der Waals surface area contributed by atoms with Crippen LogP contribution in [-0.4, -0.2) is 16.1 Å². The van der Waals surface area contributed by atoms with Crippen molar-refractivity contribution in [3.8, 4) is 0 Å². The molecule has 0 bridgehead atoms. The van der Waals surface area contributed by atoms with E-state index in [4.69, 9.17) is 0 Å². The Morgan fingerprint density at radius 3 is 2.71 bits per heavy atom. The van der Waals surface area contributed by atoms with Crippen LogP contribution in [0.1, 0.15) is 75.1 Å². The van der Waals surface area contributed by atoms with Gasteiger partial charge in [-0.3, -0.25) is 4.79 Å². The normalized spacial score (nSPS) is 26.5. The van der Waals surface area contributed by atoms with Gasteiger partial charge in [-0.25, -0.2) is 0 Å². The first-order chi connectivity index (χ1) is 11.6. The number of carboxylic acid groups (broad SMARTS) is 1. The van der Waals surface area contributed by atoms with Crippen molar-refractivity contribution in [1.82, 2.24) is 4.98 Å². The Labute approximate surface area is 143 Å². The maximum Gasteiger partial charge on any atom is 0.304 e. The Morgan fingerprint density at radius 1 is 1.29 bits per heavy atom. The van der Waals surface area contributed by atoms with Crippen molar-refractivity contribution in [2.75, 3.05) is 0 Å². The molecule has 24 heavy (non-hydrogen) atoms. The van der Waals surface area contributed by atoms with E-state index >= 15 is 0 Å². The molecule has 3 heteroatoms. The molecule has 1 aromatic carbocycles. The Kier molecular flexibility index (Phi) is 3.70. The van der Waals surface area contributed by atoms with Crippen LogP contribution in [0.3, 0.4) is 0 Å². The molecule has 1 fully saturated rings. The van der Waals surface area contributed by atoms with Crippen LogP contribution in [0.15, 0.2) is 18.2 Å². The summed E-state index contributed by atoms with van der Waals surface area (Å²) in [5, 5.41) is 10.9. The minimum atomic E-state index is -0.679. The van der Waals surface area contributed by atoms with E-state index in [2.05, 4.69) is 37.0 Å². The molecule has 1 aromatic heterocycles. The van der Waals surface area contributed by atoms with Gasteiger partial charge in [-0.2, -0.15) is 0 Å². The van der Waals surface area contributed by atoms with E-state index in [1.165, 1.54) is 40.6 Å². The fourth-order valence-electron chi connectivity index (χ4n) is 5.01. The lowest BCUT2D eigenvalue weighted by molar-refractivity contribution is -0.138. The number of carbonyl (C=O) groups is 1. The molecule has 0 aliphatic heterocycles. The Hall–Kier alpha value is -1.77. The fraction of sp³-hybridized carbons (Fsp3) is 0.571. The zero-order valence-corrected chi connectivity index (χ0v) is 14.7. The summed E-state index contributed by atoms with van der Waals surface area (Å²) in [6, 6.07) is 6.60. The molecule has 2 N–H and O–H groups in total. The lowest BCUT2D eigenvalue weighted by atomic mass is 9.65. The van der Waals surface area contributed by atoms with Crippen molar-refractivity contribution < 1.29 is 9.90 Å². The highest BCUT2D eigenvalue weighted by atomic mass is 16.4. The molecule has 128 valence electrons. The Morgan fingerprint density at radius 2 is 2.08 bits per heavy atom. The number of carboxylic acids is 1. The third-order valence-corrected chi connectivity index (χ3v) is 6.53. The average molecular weight is 325 g/mol. The third-order valence-electron chi connectivity index (χ3n) is 6.53. The molecule has 0 spiro atoms. The molecule has 0 amide bonds. The topological polar surface area (TPSA) is 53.1 Å². The molecule has 2 aliphatic carbocycles. The number of hydrogen-bond acceptors (Lipinski definition) is 1. The summed E-state index contributed by atoms with van der Waals surface area (Å²) in [6.45, 7) is 4.34. The monoisotopic (exact) mass is 325 g/mol. The second-order valence-corrected chi connectivity index (χ2v) is 7.79. The summed E-state index contributed by atoms with van der Waals surface area (Å²) in [5.74, 6) is 0.754. The van der Waals surface area contributed by atoms with Gasteiger partial charge in [-0.05, 0) is 61.5 Å².